The van der Waals surface area contributed by atoms with Crippen molar-refractivity contribution < 1.29 is 57.8 Å². The lowest BCUT2D eigenvalue weighted by Gasteiger charge is -2.32. The van der Waals surface area contributed by atoms with Gasteiger partial charge in [-0.25, -0.2) is 0 Å². The number of methoxy groups -OCH3 is 1. The van der Waals surface area contributed by atoms with Crippen molar-refractivity contribution in [1.82, 2.24) is 9.80 Å². The van der Waals surface area contributed by atoms with Crippen LogP contribution in [0.15, 0.2) is 121 Å². The number of nitrogens with zero attached hydrogens (tertiary/aromatic N) is 2. The molecule has 7 unspecified atom stereocenters. The highest BCUT2D eigenvalue weighted by atomic mass is 16.6. The summed E-state index contributed by atoms with van der Waals surface area (Å²) in [5.41, 5.74) is 2.41. The Morgan fingerprint density at radius 2 is 1.05 bits per heavy atom. The Hall–Kier alpha value is -6.32. The number of imide groups is 2. The first-order valence-electron chi connectivity index (χ1n) is 25.2. The van der Waals surface area contributed by atoms with Gasteiger partial charge in [-0.2, -0.15) is 0 Å². The van der Waals surface area contributed by atoms with Gasteiger partial charge >= 0.3 is 0 Å². The van der Waals surface area contributed by atoms with Gasteiger partial charge in [-0.1, -0.05) is 109 Å². The van der Waals surface area contributed by atoms with Gasteiger partial charge in [-0.15, -0.1) is 0 Å². The summed E-state index contributed by atoms with van der Waals surface area (Å²) in [6, 6.07) is 31.6. The van der Waals surface area contributed by atoms with Crippen molar-refractivity contribution in [2.24, 2.45) is 23.2 Å². The lowest BCUT2D eigenvalue weighted by molar-refractivity contribution is -0.147. The third-order valence-electron chi connectivity index (χ3n) is 15.0. The van der Waals surface area contributed by atoms with Crippen LogP contribution >= 0.6 is 0 Å². The normalized spacial score (nSPS) is 21.8. The topological polar surface area (TPSA) is 171 Å². The van der Waals surface area contributed by atoms with Crippen molar-refractivity contribution in [3.05, 3.63) is 144 Å². The molecule has 0 spiro atoms. The number of amides is 4. The van der Waals surface area contributed by atoms with Crippen LogP contribution in [0.1, 0.15) is 83.6 Å². The molecule has 4 aliphatic rings. The highest BCUT2D eigenvalue weighted by molar-refractivity contribution is 6.13. The Labute approximate surface area is 428 Å². The Bertz CT molecular complexity index is 2640. The zero-order valence-electron chi connectivity index (χ0n) is 43.2. The largest absolute Gasteiger partial charge is 0.497 e. The number of aliphatic hydroxyl groups is 2. The minimum atomic E-state index is -1.10. The average molecular weight is 999 g/mol. The monoisotopic (exact) mass is 998 g/mol. The maximum Gasteiger partial charge on any atom is 0.253 e. The maximum atomic E-state index is 13.8. The van der Waals surface area contributed by atoms with Crippen molar-refractivity contribution in [2.75, 3.05) is 53.2 Å². The van der Waals surface area contributed by atoms with Crippen molar-refractivity contribution in [3.8, 4) is 23.0 Å². The molecule has 4 aliphatic heterocycles. The minimum absolute atomic E-state index is 0.00531. The number of fused-ring (bicyclic) bond motifs is 5. The van der Waals surface area contributed by atoms with Gasteiger partial charge in [0.15, 0.2) is 0 Å². The van der Waals surface area contributed by atoms with Crippen LogP contribution in [0.3, 0.4) is 0 Å². The first-order chi connectivity index (χ1) is 34.7. The summed E-state index contributed by atoms with van der Waals surface area (Å²) in [6.07, 6.45) is 5.16. The van der Waals surface area contributed by atoms with Gasteiger partial charge in [0.2, 0.25) is 11.8 Å². The van der Waals surface area contributed by atoms with Crippen LogP contribution in [0, 0.1) is 23.2 Å². The standard InChI is InChI=1S/C59H70N2O12/c1-38(31-56(2,3)36-61-50(64)25-26-51(61)65)28-30-60-54(66)52-49-27-29-59(73-49,53(52)55(60)67)37-69-32-43(62)33-70-46-19-11-41(12-20-46)58(6,7)42-15-23-48(24-16-42)72-35-44(63)34-71-47-21-13-40(14-22-47)57(4,5)39-9-17-45(68-8)18-10-39/h9-27,29,38,43-44,49,52-53,62-63H,28,30-37H2,1-8H3. The molecule has 2 N–H and O–H groups in total. The van der Waals surface area contributed by atoms with Gasteiger partial charge < -0.3 is 38.6 Å². The number of hydrogen-bond acceptors (Lipinski definition) is 12. The van der Waals surface area contributed by atoms with Crippen molar-refractivity contribution in [2.45, 2.75) is 96.1 Å². The Morgan fingerprint density at radius 1 is 0.616 bits per heavy atom. The summed E-state index contributed by atoms with van der Waals surface area (Å²) < 4.78 is 35.3. The number of aliphatic hydroxyl groups excluding tert-OH is 2. The van der Waals surface area contributed by atoms with Crippen LogP contribution in [-0.4, -0.2) is 121 Å². The molecule has 73 heavy (non-hydrogen) atoms. The van der Waals surface area contributed by atoms with E-state index in [2.05, 4.69) is 39.8 Å². The summed E-state index contributed by atoms with van der Waals surface area (Å²) >= 11 is 0. The maximum absolute atomic E-state index is 13.8. The van der Waals surface area contributed by atoms with E-state index in [1.807, 2.05) is 118 Å². The molecule has 4 aromatic carbocycles. The zero-order valence-corrected chi connectivity index (χ0v) is 43.2. The predicted octanol–water partition coefficient (Wildman–Crippen LogP) is 7.60. The molecule has 2 saturated heterocycles. The van der Waals surface area contributed by atoms with E-state index in [9.17, 15) is 29.4 Å². The van der Waals surface area contributed by atoms with Crippen LogP contribution in [-0.2, 0) is 39.5 Å². The van der Waals surface area contributed by atoms with Gasteiger partial charge in [-0.05, 0) is 95.0 Å². The SMILES string of the molecule is COc1ccc(C(C)(C)c2ccc(OCC(O)COc3ccc(C(C)(C)c4ccc(OCC(O)COCC56C=CC(O5)C5C(=O)N(CCC(C)CC(C)(C)CN7C(=O)C=CC7=O)C(=O)C56)cc4)cc3)cc2)cc1. The first-order valence-corrected chi connectivity index (χ1v) is 25.2. The number of ether oxygens (including phenoxy) is 6. The third-order valence-corrected chi connectivity index (χ3v) is 15.0. The molecule has 2 bridgehead atoms. The Balaban J connectivity index is 0.742. The summed E-state index contributed by atoms with van der Waals surface area (Å²) in [4.78, 5) is 54.3. The van der Waals surface area contributed by atoms with E-state index in [-0.39, 0.29) is 85.4 Å². The zero-order chi connectivity index (χ0) is 52.3. The lowest BCUT2D eigenvalue weighted by atomic mass is 9.77. The molecule has 14 nitrogen and oxygen atoms in total. The van der Waals surface area contributed by atoms with Gasteiger partial charge in [0.25, 0.3) is 11.8 Å². The molecule has 4 aromatic rings. The van der Waals surface area contributed by atoms with Crippen LogP contribution in [0.5, 0.6) is 23.0 Å². The molecule has 388 valence electrons. The number of carbonyl (C=O) groups excluding carboxylic acids is 4. The molecule has 4 heterocycles. The van der Waals surface area contributed by atoms with Crippen LogP contribution in [0.4, 0.5) is 0 Å². The average Bonchev–Trinajstić information content (AvgIpc) is 4.11. The third kappa shape index (κ3) is 11.7. The summed E-state index contributed by atoms with van der Waals surface area (Å²) in [7, 11) is 1.66. The quantitative estimate of drug-likeness (QED) is 0.0493. The molecule has 7 atom stereocenters. The number of hydrogen-bond donors (Lipinski definition) is 2. The van der Waals surface area contributed by atoms with E-state index in [1.54, 1.807) is 7.11 Å². The fraction of sp³-hybridized carbons (Fsp3) is 0.458. The molecule has 4 amide bonds. The molecule has 0 radical (unpaired) electrons. The summed E-state index contributed by atoms with van der Waals surface area (Å²) in [6.45, 7) is 15.3. The van der Waals surface area contributed by atoms with E-state index in [0.29, 0.717) is 36.6 Å². The summed E-state index contributed by atoms with van der Waals surface area (Å²) in [5, 5.41) is 21.5. The lowest BCUT2D eigenvalue weighted by Crippen LogP contribution is -2.45. The van der Waals surface area contributed by atoms with Crippen LogP contribution in [0.2, 0.25) is 0 Å². The Kier molecular flexibility index (Phi) is 15.7. The molecular weight excluding hydrogens is 929 g/mol. The second-order valence-corrected chi connectivity index (χ2v) is 21.9. The highest BCUT2D eigenvalue weighted by Crippen LogP contribution is 2.52. The molecule has 0 saturated carbocycles. The second-order valence-electron chi connectivity index (χ2n) is 21.9. The van der Waals surface area contributed by atoms with E-state index < -0.39 is 35.7 Å². The van der Waals surface area contributed by atoms with Crippen molar-refractivity contribution in [1.29, 1.82) is 0 Å². The highest BCUT2D eigenvalue weighted by Gasteiger charge is 2.67. The number of carbonyl (C=O) groups is 4. The van der Waals surface area contributed by atoms with Gasteiger partial charge in [0.05, 0.1) is 38.3 Å². The number of likely N-dealkylation sites (tertiary alicyclic amines) is 1. The Morgan fingerprint density at radius 3 is 1.51 bits per heavy atom. The van der Waals surface area contributed by atoms with Gasteiger partial charge in [-0.3, -0.25) is 29.0 Å². The van der Waals surface area contributed by atoms with Gasteiger partial charge in [0.1, 0.15) is 60.6 Å². The molecule has 14 heteroatoms. The number of benzene rings is 4. The molecule has 0 aliphatic carbocycles. The van der Waals surface area contributed by atoms with Crippen molar-refractivity contribution in [3.63, 3.8) is 0 Å². The van der Waals surface area contributed by atoms with Crippen LogP contribution < -0.4 is 18.9 Å². The van der Waals surface area contributed by atoms with E-state index in [0.717, 1.165) is 22.4 Å². The van der Waals surface area contributed by atoms with Crippen molar-refractivity contribution >= 4 is 23.6 Å². The summed E-state index contributed by atoms with van der Waals surface area (Å²) in [5.74, 6) is 0.330. The van der Waals surface area contributed by atoms with E-state index >= 15 is 0 Å². The molecule has 2 fully saturated rings. The fourth-order valence-electron chi connectivity index (χ4n) is 10.7. The fourth-order valence-corrected chi connectivity index (χ4v) is 10.7. The minimum Gasteiger partial charge on any atom is -0.497 e. The second kappa shape index (κ2) is 21.6. The first kappa shape index (κ1) is 53.0. The molecular formula is C59H70N2O12. The van der Waals surface area contributed by atoms with E-state index in [4.69, 9.17) is 28.4 Å². The van der Waals surface area contributed by atoms with Gasteiger partial charge in [0, 0.05) is 36.1 Å². The molecule has 0 aromatic heterocycles. The predicted molar refractivity (Wildman–Crippen MR) is 274 cm³/mol. The molecule has 8 rings (SSSR count). The smallest absolute Gasteiger partial charge is 0.253 e. The van der Waals surface area contributed by atoms with E-state index in [1.165, 1.54) is 27.5 Å². The number of rotatable bonds is 25. The van der Waals surface area contributed by atoms with Crippen LogP contribution in [0.25, 0.3) is 0 Å².